The lowest BCUT2D eigenvalue weighted by Crippen LogP contribution is -2.13. The molecule has 0 unspecified atom stereocenters. The van der Waals surface area contributed by atoms with Crippen LogP contribution in [0.1, 0.15) is 5.56 Å². The maximum absolute atomic E-state index is 7.29. The van der Waals surface area contributed by atoms with E-state index in [0.717, 1.165) is 28.3 Å². The van der Waals surface area contributed by atoms with Gasteiger partial charge in [-0.15, -0.1) is 0 Å². The molecule has 0 fully saturated rings. The number of hydrogen-bond donors (Lipinski definition) is 2. The molecule has 6 heteroatoms. The van der Waals surface area contributed by atoms with Crippen LogP contribution in [0.25, 0.3) is 16.9 Å². The molecule has 0 spiro atoms. The number of benzene rings is 2. The summed E-state index contributed by atoms with van der Waals surface area (Å²) in [6.45, 7) is 0.165. The minimum Gasteiger partial charge on any atom is -0.497 e. The van der Waals surface area contributed by atoms with Crippen LogP contribution in [0.3, 0.4) is 0 Å². The maximum Gasteiger partial charge on any atom is 0.118 e. The van der Waals surface area contributed by atoms with Gasteiger partial charge in [0, 0.05) is 23.5 Å². The molecule has 126 valence electrons. The number of methoxy groups -OCH3 is 1. The number of rotatable bonds is 6. The van der Waals surface area contributed by atoms with Crippen LogP contribution in [-0.2, 0) is 0 Å². The van der Waals surface area contributed by atoms with E-state index in [-0.39, 0.29) is 12.4 Å². The third kappa shape index (κ3) is 3.92. The largest absolute Gasteiger partial charge is 0.497 e. The first kappa shape index (κ1) is 16.4. The molecule has 1 aromatic heterocycles. The van der Waals surface area contributed by atoms with E-state index in [1.165, 1.54) is 0 Å². The van der Waals surface area contributed by atoms with Crippen molar-refractivity contribution in [2.24, 2.45) is 10.7 Å². The van der Waals surface area contributed by atoms with Crippen molar-refractivity contribution in [3.05, 3.63) is 66.4 Å². The summed E-state index contributed by atoms with van der Waals surface area (Å²) >= 11 is 0. The quantitative estimate of drug-likeness (QED) is 0.537. The van der Waals surface area contributed by atoms with Crippen molar-refractivity contribution < 1.29 is 4.74 Å². The molecule has 0 radical (unpaired) electrons. The smallest absolute Gasteiger partial charge is 0.118 e. The van der Waals surface area contributed by atoms with Crippen LogP contribution in [0.4, 0.5) is 0 Å². The van der Waals surface area contributed by atoms with E-state index < -0.39 is 0 Å². The van der Waals surface area contributed by atoms with Crippen molar-refractivity contribution in [1.82, 2.24) is 9.78 Å². The van der Waals surface area contributed by atoms with Gasteiger partial charge in [-0.05, 0) is 36.4 Å². The molecule has 1 heterocycles. The highest BCUT2D eigenvalue weighted by atomic mass is 16.5. The fourth-order valence-electron chi connectivity index (χ4n) is 2.41. The zero-order valence-electron chi connectivity index (χ0n) is 13.9. The van der Waals surface area contributed by atoms with Gasteiger partial charge in [-0.3, -0.25) is 10.4 Å². The highest BCUT2D eigenvalue weighted by Gasteiger charge is 2.11. The van der Waals surface area contributed by atoms with Crippen LogP contribution in [0.2, 0.25) is 0 Å². The van der Waals surface area contributed by atoms with Crippen molar-refractivity contribution in [2.75, 3.05) is 13.7 Å². The van der Waals surface area contributed by atoms with Crippen LogP contribution >= 0.6 is 0 Å². The molecule has 0 amide bonds. The van der Waals surface area contributed by atoms with Gasteiger partial charge in [0.25, 0.3) is 0 Å². The number of aromatic nitrogens is 2. The molecule has 6 nitrogen and oxygen atoms in total. The molecule has 0 saturated heterocycles. The Morgan fingerprint density at radius 3 is 2.56 bits per heavy atom. The molecule has 3 aromatic rings. The van der Waals surface area contributed by atoms with Crippen molar-refractivity contribution >= 4 is 12.1 Å². The highest BCUT2D eigenvalue weighted by molar-refractivity contribution is 5.90. The molecular formula is C19H19N5O. The summed E-state index contributed by atoms with van der Waals surface area (Å²) in [5, 5.41) is 12.0. The number of nitrogens with zero attached hydrogens (tertiary/aromatic N) is 3. The number of nitrogens with one attached hydrogen (secondary N) is 1. The molecule has 0 atom stereocenters. The number of nitrogens with two attached hydrogens (primary N) is 1. The Morgan fingerprint density at radius 1 is 1.20 bits per heavy atom. The lowest BCUT2D eigenvalue weighted by molar-refractivity contribution is 0.415. The van der Waals surface area contributed by atoms with E-state index in [1.54, 1.807) is 13.3 Å². The van der Waals surface area contributed by atoms with Gasteiger partial charge in [-0.1, -0.05) is 18.2 Å². The summed E-state index contributed by atoms with van der Waals surface area (Å²) in [7, 11) is 1.64. The van der Waals surface area contributed by atoms with Crippen LogP contribution in [0.15, 0.2) is 65.8 Å². The lowest BCUT2D eigenvalue weighted by Gasteiger charge is -2.02. The second-order valence-electron chi connectivity index (χ2n) is 5.44. The fourth-order valence-corrected chi connectivity index (χ4v) is 2.41. The van der Waals surface area contributed by atoms with Gasteiger partial charge in [-0.2, -0.15) is 5.10 Å². The summed E-state index contributed by atoms with van der Waals surface area (Å²) in [6, 6.07) is 17.6. The van der Waals surface area contributed by atoms with E-state index in [2.05, 4.69) is 4.99 Å². The standard InChI is InChI=1S/C19H19N5O/c1-25-17-9-7-14(8-10-17)19-15(11-22-12-18(20)21)13-24(23-19)16-5-3-2-4-6-16/h2-11,13H,12H2,1H3,(H3,20,21). The average molecular weight is 333 g/mol. The summed E-state index contributed by atoms with van der Waals surface area (Å²) in [6.07, 6.45) is 3.62. The molecule has 0 aliphatic rings. The number of hydrogen-bond acceptors (Lipinski definition) is 4. The second kappa shape index (κ2) is 7.44. The monoisotopic (exact) mass is 333 g/mol. The molecule has 0 aliphatic carbocycles. The minimum atomic E-state index is 0.0256. The van der Waals surface area contributed by atoms with Gasteiger partial charge in [-0.25, -0.2) is 4.68 Å². The van der Waals surface area contributed by atoms with E-state index >= 15 is 0 Å². The Hall–Kier alpha value is -3.41. The van der Waals surface area contributed by atoms with Gasteiger partial charge < -0.3 is 10.5 Å². The number of aliphatic imine (C=N–C) groups is 1. The first-order valence-corrected chi connectivity index (χ1v) is 7.79. The predicted octanol–water partition coefficient (Wildman–Crippen LogP) is 2.90. The molecular weight excluding hydrogens is 314 g/mol. The van der Waals surface area contributed by atoms with Crippen LogP contribution in [0.5, 0.6) is 5.75 Å². The van der Waals surface area contributed by atoms with Crippen molar-refractivity contribution in [1.29, 1.82) is 5.41 Å². The van der Waals surface area contributed by atoms with Gasteiger partial charge >= 0.3 is 0 Å². The van der Waals surface area contributed by atoms with Gasteiger partial charge in [0.05, 0.1) is 19.3 Å². The summed E-state index contributed by atoms with van der Waals surface area (Å²) in [5.74, 6) is 0.815. The Kier molecular flexibility index (Phi) is 4.89. The van der Waals surface area contributed by atoms with E-state index in [4.69, 9.17) is 21.0 Å². The zero-order chi connectivity index (χ0) is 17.6. The predicted molar refractivity (Wildman–Crippen MR) is 99.9 cm³/mol. The Balaban J connectivity index is 2.02. The van der Waals surface area contributed by atoms with Crippen molar-refractivity contribution in [2.45, 2.75) is 0 Å². The van der Waals surface area contributed by atoms with Crippen LogP contribution in [0, 0.1) is 5.41 Å². The van der Waals surface area contributed by atoms with Crippen molar-refractivity contribution in [3.8, 4) is 22.7 Å². The molecule has 25 heavy (non-hydrogen) atoms. The Bertz CT molecular complexity index is 882. The maximum atomic E-state index is 7.29. The topological polar surface area (TPSA) is 89.3 Å². The SMILES string of the molecule is COc1ccc(-c2nn(-c3ccccc3)cc2C=NCC(=N)N)cc1. The number of amidine groups is 1. The third-order valence-electron chi connectivity index (χ3n) is 3.62. The molecule has 3 N–H and O–H groups in total. The summed E-state index contributed by atoms with van der Waals surface area (Å²) in [5.41, 5.74) is 8.95. The van der Waals surface area contributed by atoms with E-state index in [0.29, 0.717) is 0 Å². The highest BCUT2D eigenvalue weighted by Crippen LogP contribution is 2.25. The summed E-state index contributed by atoms with van der Waals surface area (Å²) < 4.78 is 7.03. The zero-order valence-corrected chi connectivity index (χ0v) is 13.9. The minimum absolute atomic E-state index is 0.0256. The second-order valence-corrected chi connectivity index (χ2v) is 5.44. The molecule has 3 rings (SSSR count). The molecule has 2 aromatic carbocycles. The van der Waals surface area contributed by atoms with Gasteiger partial charge in [0.1, 0.15) is 17.3 Å². The Morgan fingerprint density at radius 2 is 1.92 bits per heavy atom. The van der Waals surface area contributed by atoms with Crippen LogP contribution < -0.4 is 10.5 Å². The van der Waals surface area contributed by atoms with E-state index in [9.17, 15) is 0 Å². The number of para-hydroxylation sites is 1. The third-order valence-corrected chi connectivity index (χ3v) is 3.62. The lowest BCUT2D eigenvalue weighted by atomic mass is 10.1. The normalized spacial score (nSPS) is 10.9. The first-order valence-electron chi connectivity index (χ1n) is 7.79. The van der Waals surface area contributed by atoms with Crippen LogP contribution in [-0.4, -0.2) is 35.5 Å². The average Bonchev–Trinajstić information content (AvgIpc) is 3.06. The van der Waals surface area contributed by atoms with Gasteiger partial charge in [0.2, 0.25) is 0 Å². The first-order chi connectivity index (χ1) is 12.2. The number of ether oxygens (including phenoxy) is 1. The molecule has 0 bridgehead atoms. The van der Waals surface area contributed by atoms with Gasteiger partial charge in [0.15, 0.2) is 0 Å². The molecule has 0 saturated carbocycles. The molecule has 0 aliphatic heterocycles. The summed E-state index contributed by atoms with van der Waals surface area (Å²) in [4.78, 5) is 4.22. The van der Waals surface area contributed by atoms with Crippen molar-refractivity contribution in [3.63, 3.8) is 0 Å². The Labute approximate surface area is 146 Å². The fraction of sp³-hybridized carbons (Fsp3) is 0.105. The van der Waals surface area contributed by atoms with E-state index in [1.807, 2.05) is 65.5 Å².